The zero-order valence-corrected chi connectivity index (χ0v) is 14.1. The van der Waals surface area contributed by atoms with E-state index >= 15 is 0 Å². The van der Waals surface area contributed by atoms with Crippen LogP contribution in [0.1, 0.15) is 0 Å². The average Bonchev–Trinajstić information content (AvgIpc) is 2.25. The zero-order valence-electron chi connectivity index (χ0n) is 7.30. The summed E-state index contributed by atoms with van der Waals surface area (Å²) < 4.78 is 4.65. The number of hydrogen-bond donors (Lipinski definition) is 0. The predicted molar refractivity (Wildman–Crippen MR) is 73.9 cm³/mol. The van der Waals surface area contributed by atoms with Gasteiger partial charge in [-0.15, -0.1) is 0 Å². The summed E-state index contributed by atoms with van der Waals surface area (Å²) in [6.45, 7) is 0. The maximum atomic E-state index is 5.95. The molecule has 0 aromatic heterocycles. The van der Waals surface area contributed by atoms with Crippen molar-refractivity contribution in [1.29, 1.82) is 0 Å². The van der Waals surface area contributed by atoms with Crippen molar-refractivity contribution < 1.29 is 8.58 Å². The molecular weight excluding hydrogens is 423 g/mol. The molecule has 1 aliphatic carbocycles. The van der Waals surface area contributed by atoms with Gasteiger partial charge in [-0.25, -0.2) is 4.29 Å². The van der Waals surface area contributed by atoms with Gasteiger partial charge in [0.1, 0.15) is 0 Å². The molecular formula is C6HCl9O2. The molecule has 0 radical (unpaired) electrons. The second-order valence-corrected chi connectivity index (χ2v) is 7.36. The zero-order chi connectivity index (χ0) is 13.6. The molecule has 100 valence electrons. The van der Waals surface area contributed by atoms with Crippen LogP contribution in [-0.4, -0.2) is 19.8 Å². The summed E-state index contributed by atoms with van der Waals surface area (Å²) in [7, 11) is 0. The Kier molecular flexibility index (Phi) is 5.68. The SMILES string of the molecule is ClOC1C(Cl)=C(Cl)C(Cl)(OCl)C(Cl)(Cl)C1(Cl)Cl. The lowest BCUT2D eigenvalue weighted by atomic mass is 9.99. The van der Waals surface area contributed by atoms with Crippen molar-refractivity contribution in [2.75, 3.05) is 0 Å². The normalized spacial score (nSPS) is 36.2. The molecule has 2 nitrogen and oxygen atoms in total. The second kappa shape index (κ2) is 5.57. The predicted octanol–water partition coefficient (Wildman–Crippen LogP) is 5.68. The number of alkyl halides is 5. The molecule has 0 fully saturated rings. The summed E-state index contributed by atoms with van der Waals surface area (Å²) in [5.74, 6) is 0. The molecule has 0 spiro atoms. The van der Waals surface area contributed by atoms with Crippen molar-refractivity contribution in [2.24, 2.45) is 0 Å². The van der Waals surface area contributed by atoms with Crippen molar-refractivity contribution >= 4 is 105 Å². The Bertz CT molecular complexity index is 353. The van der Waals surface area contributed by atoms with Crippen molar-refractivity contribution in [3.8, 4) is 0 Å². The maximum absolute atomic E-state index is 5.95. The molecule has 0 aromatic carbocycles. The molecule has 2 unspecified atom stereocenters. The fourth-order valence-corrected chi connectivity index (χ4v) is 4.06. The molecule has 0 aromatic rings. The van der Waals surface area contributed by atoms with Crippen LogP contribution in [0.3, 0.4) is 0 Å². The van der Waals surface area contributed by atoms with Crippen LogP contribution >= 0.6 is 105 Å². The fourth-order valence-electron chi connectivity index (χ4n) is 1.12. The minimum absolute atomic E-state index is 0.237. The van der Waals surface area contributed by atoms with E-state index in [1.807, 2.05) is 0 Å². The largest absolute Gasteiger partial charge is 0.267 e. The average molecular weight is 424 g/mol. The fraction of sp³-hybridized carbons (Fsp3) is 0.667. The van der Waals surface area contributed by atoms with Gasteiger partial charge in [0.05, 0.1) is 33.8 Å². The van der Waals surface area contributed by atoms with E-state index in [1.54, 1.807) is 0 Å². The van der Waals surface area contributed by atoms with Crippen LogP contribution in [0.2, 0.25) is 0 Å². The molecule has 0 amide bonds. The summed E-state index contributed by atoms with van der Waals surface area (Å²) >= 11 is 51.8. The topological polar surface area (TPSA) is 18.5 Å². The summed E-state index contributed by atoms with van der Waals surface area (Å²) in [5, 5.41) is -2.74. The Morgan fingerprint density at radius 2 is 1.41 bits per heavy atom. The lowest BCUT2D eigenvalue weighted by molar-refractivity contribution is 0.137. The number of halogens is 9. The van der Waals surface area contributed by atoms with Gasteiger partial charge < -0.3 is 0 Å². The Morgan fingerprint density at radius 3 is 1.76 bits per heavy atom. The van der Waals surface area contributed by atoms with Crippen molar-refractivity contribution in [3.63, 3.8) is 0 Å². The van der Waals surface area contributed by atoms with Gasteiger partial charge in [-0.05, 0) is 0 Å². The smallest absolute Gasteiger partial charge is 0.235 e. The van der Waals surface area contributed by atoms with E-state index in [0.29, 0.717) is 0 Å². The van der Waals surface area contributed by atoms with Crippen molar-refractivity contribution in [3.05, 3.63) is 10.1 Å². The molecule has 0 aliphatic heterocycles. The molecule has 11 heteroatoms. The van der Waals surface area contributed by atoms with Crippen LogP contribution in [0, 0.1) is 0 Å². The van der Waals surface area contributed by atoms with Crippen LogP contribution in [0.5, 0.6) is 0 Å². The van der Waals surface area contributed by atoms with Crippen LogP contribution in [0.25, 0.3) is 0 Å². The number of rotatable bonds is 2. The van der Waals surface area contributed by atoms with E-state index in [0.717, 1.165) is 0 Å². The van der Waals surface area contributed by atoms with E-state index in [4.69, 9.17) is 105 Å². The lowest BCUT2D eigenvalue weighted by Crippen LogP contribution is -2.62. The van der Waals surface area contributed by atoms with E-state index in [-0.39, 0.29) is 10.1 Å². The second-order valence-electron chi connectivity index (χ2n) is 3.00. The molecule has 1 aliphatic rings. The van der Waals surface area contributed by atoms with E-state index in [2.05, 4.69) is 8.58 Å². The highest BCUT2D eigenvalue weighted by Gasteiger charge is 2.71. The maximum Gasteiger partial charge on any atom is 0.235 e. The third kappa shape index (κ3) is 2.36. The third-order valence-corrected chi connectivity index (χ3v) is 6.83. The van der Waals surface area contributed by atoms with Gasteiger partial charge in [-0.1, -0.05) is 81.2 Å². The first-order chi connectivity index (χ1) is 7.57. The molecule has 0 saturated heterocycles. The van der Waals surface area contributed by atoms with Crippen LogP contribution in [0.15, 0.2) is 10.1 Å². The summed E-state index contributed by atoms with van der Waals surface area (Å²) in [6, 6.07) is 0. The Labute approximate surface area is 142 Å². The van der Waals surface area contributed by atoms with Gasteiger partial charge >= 0.3 is 0 Å². The van der Waals surface area contributed by atoms with Gasteiger partial charge in [0.2, 0.25) is 9.39 Å². The van der Waals surface area contributed by atoms with Gasteiger partial charge in [-0.2, -0.15) is 0 Å². The highest BCUT2D eigenvalue weighted by atomic mass is 35.5. The highest BCUT2D eigenvalue weighted by molar-refractivity contribution is 6.68. The van der Waals surface area contributed by atoms with E-state index in [1.165, 1.54) is 0 Å². The first kappa shape index (κ1) is 17.3. The molecule has 0 heterocycles. The lowest BCUT2D eigenvalue weighted by Gasteiger charge is -2.48. The molecule has 1 rings (SSSR count). The van der Waals surface area contributed by atoms with Crippen LogP contribution in [0.4, 0.5) is 0 Å². The first-order valence-electron chi connectivity index (χ1n) is 3.65. The Morgan fingerprint density at radius 1 is 0.941 bits per heavy atom. The van der Waals surface area contributed by atoms with Crippen LogP contribution in [-0.2, 0) is 8.58 Å². The van der Waals surface area contributed by atoms with Gasteiger partial charge in [0, 0.05) is 0 Å². The minimum Gasteiger partial charge on any atom is -0.267 e. The summed E-state index contributed by atoms with van der Waals surface area (Å²) in [4.78, 5) is 0. The number of hydrogen-bond acceptors (Lipinski definition) is 2. The molecule has 0 N–H and O–H groups in total. The highest BCUT2D eigenvalue weighted by Crippen LogP contribution is 2.63. The van der Waals surface area contributed by atoms with Gasteiger partial charge in [-0.3, -0.25) is 4.29 Å². The quantitative estimate of drug-likeness (QED) is 0.531. The molecule has 0 saturated carbocycles. The van der Waals surface area contributed by atoms with Crippen molar-refractivity contribution in [2.45, 2.75) is 19.8 Å². The van der Waals surface area contributed by atoms with E-state index in [9.17, 15) is 0 Å². The third-order valence-electron chi connectivity index (χ3n) is 2.07. The minimum atomic E-state index is -2.19. The molecule has 2 atom stereocenters. The Balaban J connectivity index is 3.54. The first-order valence-corrected chi connectivity index (χ1v) is 6.91. The Hall–Kier alpha value is 2.27. The monoisotopic (exact) mass is 420 g/mol. The summed E-state index contributed by atoms with van der Waals surface area (Å²) in [6.07, 6.45) is -1.32. The molecule has 0 bridgehead atoms. The van der Waals surface area contributed by atoms with Crippen molar-refractivity contribution in [1.82, 2.24) is 0 Å². The molecule has 17 heavy (non-hydrogen) atoms. The standard InChI is InChI=1S/C6HCl9O2/c7-1-2(8)5(11,17-15)6(12,13)4(9,10)3(1)16-14/h3H. The van der Waals surface area contributed by atoms with Gasteiger partial charge in [0.25, 0.3) is 0 Å². The van der Waals surface area contributed by atoms with Crippen LogP contribution < -0.4 is 0 Å². The summed E-state index contributed by atoms with van der Waals surface area (Å²) in [5.41, 5.74) is 0. The van der Waals surface area contributed by atoms with Gasteiger partial charge in [0.15, 0.2) is 10.4 Å². The van der Waals surface area contributed by atoms with E-state index < -0.39 is 19.8 Å².